The molecule has 1 aromatic rings. The third-order valence-corrected chi connectivity index (χ3v) is 4.16. The van der Waals surface area contributed by atoms with Gasteiger partial charge in [-0.1, -0.05) is 29.8 Å². The number of carbonyl (C=O) groups excluding carboxylic acids is 2. The number of hydrogen-bond donors (Lipinski definition) is 1. The van der Waals surface area contributed by atoms with Crippen molar-refractivity contribution in [3.63, 3.8) is 0 Å². The molecule has 1 saturated carbocycles. The molecule has 2 atom stereocenters. The lowest BCUT2D eigenvalue weighted by Gasteiger charge is -2.36. The van der Waals surface area contributed by atoms with E-state index in [9.17, 15) is 9.59 Å². The Morgan fingerprint density at radius 1 is 1.39 bits per heavy atom. The average Bonchev–Trinajstić information content (AvgIpc) is 2.52. The van der Waals surface area contributed by atoms with E-state index in [0.29, 0.717) is 29.8 Å². The molecule has 6 nitrogen and oxygen atoms in total. The van der Waals surface area contributed by atoms with Crippen molar-refractivity contribution in [2.24, 2.45) is 5.73 Å². The lowest BCUT2D eigenvalue weighted by molar-refractivity contribution is -0.149. The van der Waals surface area contributed by atoms with Crippen LogP contribution in [0.1, 0.15) is 31.7 Å². The van der Waals surface area contributed by atoms with E-state index in [1.165, 1.54) is 0 Å². The zero-order valence-electron chi connectivity index (χ0n) is 12.9. The van der Waals surface area contributed by atoms with Gasteiger partial charge in [-0.2, -0.15) is 0 Å². The Morgan fingerprint density at radius 2 is 2.13 bits per heavy atom. The van der Waals surface area contributed by atoms with Crippen LogP contribution in [0.3, 0.4) is 0 Å². The van der Waals surface area contributed by atoms with Crippen LogP contribution in [0.4, 0.5) is 4.79 Å². The van der Waals surface area contributed by atoms with Crippen LogP contribution in [0.5, 0.6) is 0 Å². The highest BCUT2D eigenvalue weighted by molar-refractivity contribution is 6.31. The molecule has 1 fully saturated rings. The molecule has 7 heteroatoms. The first-order chi connectivity index (χ1) is 11.0. The van der Waals surface area contributed by atoms with Gasteiger partial charge in [0.05, 0.1) is 6.61 Å². The van der Waals surface area contributed by atoms with E-state index in [4.69, 9.17) is 26.8 Å². The highest BCUT2D eigenvalue weighted by atomic mass is 35.5. The van der Waals surface area contributed by atoms with Crippen molar-refractivity contribution in [2.45, 2.75) is 37.8 Å². The Morgan fingerprint density at radius 3 is 2.83 bits per heavy atom. The number of benzene rings is 1. The van der Waals surface area contributed by atoms with Gasteiger partial charge in [0.25, 0.3) is 0 Å². The monoisotopic (exact) mass is 341 g/mol. The molecule has 0 aromatic heterocycles. The largest absolute Gasteiger partial charge is 0.510 e. The van der Waals surface area contributed by atoms with Crippen molar-refractivity contribution < 1.29 is 23.8 Å². The van der Waals surface area contributed by atoms with Gasteiger partial charge in [-0.05, 0) is 37.8 Å². The molecule has 0 bridgehead atoms. The maximum Gasteiger partial charge on any atom is 0.510 e. The van der Waals surface area contributed by atoms with Crippen molar-refractivity contribution in [2.75, 3.05) is 13.4 Å². The highest BCUT2D eigenvalue weighted by Crippen LogP contribution is 2.36. The first-order valence-corrected chi connectivity index (χ1v) is 7.86. The molecule has 23 heavy (non-hydrogen) atoms. The van der Waals surface area contributed by atoms with Crippen LogP contribution in [0.25, 0.3) is 0 Å². The van der Waals surface area contributed by atoms with Gasteiger partial charge < -0.3 is 19.9 Å². The smallest absolute Gasteiger partial charge is 0.435 e. The summed E-state index contributed by atoms with van der Waals surface area (Å²) in [7, 11) is 0. The standard InChI is InChI=1S/C16H20ClNO5/c1-2-21-15(20)23-10-22-13-8-5-9-16(18,14(13)19)11-6-3-4-7-12(11)17/h3-4,6-7,13H,2,5,8-10,18H2,1H3/t13-,16-/m1/s1. The first kappa shape index (κ1) is 17.7. The summed E-state index contributed by atoms with van der Waals surface area (Å²) in [6.07, 6.45) is 0.153. The minimum atomic E-state index is -1.19. The van der Waals surface area contributed by atoms with Crippen LogP contribution in [0, 0.1) is 0 Å². The summed E-state index contributed by atoms with van der Waals surface area (Å²) in [5.41, 5.74) is 5.75. The number of hydrogen-bond acceptors (Lipinski definition) is 6. The van der Waals surface area contributed by atoms with E-state index >= 15 is 0 Å². The molecular weight excluding hydrogens is 322 g/mol. The van der Waals surface area contributed by atoms with Crippen LogP contribution in [-0.2, 0) is 24.5 Å². The van der Waals surface area contributed by atoms with Crippen molar-refractivity contribution >= 4 is 23.5 Å². The maximum absolute atomic E-state index is 12.7. The molecule has 1 aliphatic rings. The van der Waals surface area contributed by atoms with Crippen molar-refractivity contribution in [1.29, 1.82) is 0 Å². The first-order valence-electron chi connectivity index (χ1n) is 7.48. The quantitative estimate of drug-likeness (QED) is 0.654. The Hall–Kier alpha value is -1.63. The zero-order valence-corrected chi connectivity index (χ0v) is 13.7. The summed E-state index contributed by atoms with van der Waals surface area (Å²) in [6.45, 7) is 1.52. The number of carbonyl (C=O) groups is 2. The van der Waals surface area contributed by atoms with E-state index in [2.05, 4.69) is 4.74 Å². The number of ketones is 1. The van der Waals surface area contributed by atoms with E-state index in [1.807, 2.05) is 0 Å². The lowest BCUT2D eigenvalue weighted by atomic mass is 9.75. The number of ether oxygens (including phenoxy) is 3. The fourth-order valence-electron chi connectivity index (χ4n) is 2.68. The Bertz CT molecular complexity index is 579. The molecule has 1 aromatic carbocycles. The molecule has 1 aliphatic carbocycles. The summed E-state index contributed by atoms with van der Waals surface area (Å²) in [5, 5.41) is 0.451. The molecule has 0 aliphatic heterocycles. The van der Waals surface area contributed by atoms with Gasteiger partial charge in [0.1, 0.15) is 11.6 Å². The van der Waals surface area contributed by atoms with Gasteiger partial charge in [-0.25, -0.2) is 4.79 Å². The van der Waals surface area contributed by atoms with Crippen LogP contribution in [-0.4, -0.2) is 31.4 Å². The van der Waals surface area contributed by atoms with Crippen molar-refractivity contribution in [1.82, 2.24) is 0 Å². The van der Waals surface area contributed by atoms with Gasteiger partial charge in [-0.3, -0.25) is 4.79 Å². The summed E-state index contributed by atoms with van der Waals surface area (Å²) in [5.74, 6) is -0.260. The number of halogens is 1. The summed E-state index contributed by atoms with van der Waals surface area (Å²) >= 11 is 6.18. The van der Waals surface area contributed by atoms with Gasteiger partial charge in [-0.15, -0.1) is 0 Å². The molecule has 2 N–H and O–H groups in total. The number of nitrogens with two attached hydrogens (primary N) is 1. The second kappa shape index (κ2) is 7.77. The van der Waals surface area contributed by atoms with Gasteiger partial charge in [0.15, 0.2) is 12.6 Å². The van der Waals surface area contributed by atoms with Gasteiger partial charge in [0.2, 0.25) is 0 Å². The van der Waals surface area contributed by atoms with E-state index in [-0.39, 0.29) is 19.2 Å². The second-order valence-electron chi connectivity index (χ2n) is 5.31. The maximum atomic E-state index is 12.7. The molecule has 0 unspecified atom stereocenters. The molecule has 2 rings (SSSR count). The Balaban J connectivity index is 2.03. The molecule has 0 spiro atoms. The van der Waals surface area contributed by atoms with Gasteiger partial charge >= 0.3 is 6.16 Å². The van der Waals surface area contributed by atoms with Crippen LogP contribution in [0.2, 0.25) is 5.02 Å². The molecule has 0 heterocycles. The van der Waals surface area contributed by atoms with E-state index in [0.717, 1.165) is 0 Å². The number of rotatable bonds is 5. The summed E-state index contributed by atoms with van der Waals surface area (Å²) in [4.78, 5) is 23.8. The van der Waals surface area contributed by atoms with Crippen molar-refractivity contribution in [3.05, 3.63) is 34.9 Å². The van der Waals surface area contributed by atoms with E-state index in [1.54, 1.807) is 31.2 Å². The Labute approximate surface area is 139 Å². The summed E-state index contributed by atoms with van der Waals surface area (Å²) in [6, 6.07) is 7.02. The molecular formula is C16H20ClNO5. The van der Waals surface area contributed by atoms with Crippen LogP contribution >= 0.6 is 11.6 Å². The molecule has 0 saturated heterocycles. The highest BCUT2D eigenvalue weighted by Gasteiger charge is 2.44. The fraction of sp³-hybridized carbons (Fsp3) is 0.500. The molecule has 0 amide bonds. The lowest BCUT2D eigenvalue weighted by Crippen LogP contribution is -2.53. The van der Waals surface area contributed by atoms with Crippen LogP contribution in [0.15, 0.2) is 24.3 Å². The zero-order chi connectivity index (χ0) is 16.9. The number of Topliss-reactive ketones (excluding diaryl/α,β-unsaturated/α-hetero) is 1. The molecule has 0 radical (unpaired) electrons. The minimum Gasteiger partial charge on any atom is -0.435 e. The van der Waals surface area contributed by atoms with E-state index < -0.39 is 17.8 Å². The topological polar surface area (TPSA) is 87.8 Å². The Kier molecular flexibility index (Phi) is 5.98. The molecule has 126 valence electrons. The normalized spacial score (nSPS) is 24.3. The predicted octanol–water partition coefficient (Wildman–Crippen LogP) is 2.76. The summed E-state index contributed by atoms with van der Waals surface area (Å²) < 4.78 is 14.7. The average molecular weight is 342 g/mol. The van der Waals surface area contributed by atoms with Crippen LogP contribution < -0.4 is 5.73 Å². The fourth-order valence-corrected chi connectivity index (χ4v) is 2.99. The third-order valence-electron chi connectivity index (χ3n) is 3.83. The van der Waals surface area contributed by atoms with Crippen molar-refractivity contribution in [3.8, 4) is 0 Å². The minimum absolute atomic E-state index is 0.208. The third kappa shape index (κ3) is 4.02. The SMILES string of the molecule is CCOC(=O)OCO[C@@H]1CCC[C@@](N)(c2ccccc2Cl)C1=O. The predicted molar refractivity (Wildman–Crippen MR) is 84.0 cm³/mol. The second-order valence-corrected chi connectivity index (χ2v) is 5.72. The van der Waals surface area contributed by atoms with Gasteiger partial charge in [0, 0.05) is 5.02 Å².